The molecule has 0 radical (unpaired) electrons. The molecule has 0 saturated heterocycles. The van der Waals surface area contributed by atoms with E-state index < -0.39 is 16.9 Å². The maximum Gasteiger partial charge on any atom is 0.337 e. The summed E-state index contributed by atoms with van der Waals surface area (Å²) in [7, 11) is 0. The third kappa shape index (κ3) is 6.11. The average Bonchev–Trinajstić information content (AvgIpc) is 3.21. The zero-order valence-electron chi connectivity index (χ0n) is 15.6. The number of ether oxygens (including phenoxy) is 1. The smallest absolute Gasteiger partial charge is 0.337 e. The van der Waals surface area contributed by atoms with E-state index in [1.807, 2.05) is 0 Å². The van der Waals surface area contributed by atoms with Crippen LogP contribution in [0.25, 0.3) is 0 Å². The summed E-state index contributed by atoms with van der Waals surface area (Å²) >= 11 is 11.8. The number of nitro benzene ring substituents is 1. The lowest BCUT2D eigenvalue weighted by Gasteiger charge is -2.08. The van der Waals surface area contributed by atoms with Crippen molar-refractivity contribution in [2.24, 2.45) is 0 Å². The number of halogens is 2. The molecule has 31 heavy (non-hydrogen) atoms. The SMILES string of the molecule is O=C(NNC(=O)c1ccc(COc2ccc(Cl)cc2Cl)o1)Nc1cccc([N+](=O)[O-])c1. The molecule has 0 aliphatic carbocycles. The monoisotopic (exact) mass is 464 g/mol. The number of furan rings is 1. The zero-order chi connectivity index (χ0) is 22.4. The standard InChI is InChI=1S/C19H14Cl2N4O6/c20-11-4-6-16(15(21)8-11)30-10-14-5-7-17(31-14)18(26)23-24-19(27)22-12-2-1-3-13(9-12)25(28)29/h1-9H,10H2,(H,23,26)(H2,22,24,27). The van der Waals surface area contributed by atoms with Crippen LogP contribution in [0.15, 0.2) is 59.0 Å². The van der Waals surface area contributed by atoms with Crippen LogP contribution in [0.5, 0.6) is 5.75 Å². The van der Waals surface area contributed by atoms with E-state index in [1.165, 1.54) is 42.5 Å². The second kappa shape index (κ2) is 9.83. The molecule has 0 atom stereocenters. The van der Waals surface area contributed by atoms with Crippen LogP contribution in [0.3, 0.4) is 0 Å². The minimum atomic E-state index is -0.804. The molecule has 1 aromatic heterocycles. The second-order valence-corrected chi connectivity index (χ2v) is 6.81. The first-order chi connectivity index (χ1) is 14.8. The maximum atomic E-state index is 12.1. The summed E-state index contributed by atoms with van der Waals surface area (Å²) in [6, 6.07) is 12.2. The largest absolute Gasteiger partial charge is 0.484 e. The van der Waals surface area contributed by atoms with E-state index >= 15 is 0 Å². The number of carbonyl (C=O) groups excluding carboxylic acids is 2. The van der Waals surface area contributed by atoms with Crippen LogP contribution in [0.1, 0.15) is 16.3 Å². The number of non-ortho nitro benzene ring substituents is 1. The predicted octanol–water partition coefficient (Wildman–Crippen LogP) is 4.54. The molecule has 0 bridgehead atoms. The summed E-state index contributed by atoms with van der Waals surface area (Å²) in [5, 5.41) is 13.9. The Morgan fingerprint density at radius 2 is 1.87 bits per heavy atom. The minimum Gasteiger partial charge on any atom is -0.484 e. The summed E-state index contributed by atoms with van der Waals surface area (Å²) < 4.78 is 10.9. The lowest BCUT2D eigenvalue weighted by molar-refractivity contribution is -0.384. The summed E-state index contributed by atoms with van der Waals surface area (Å²) in [5.41, 5.74) is 4.26. The molecule has 0 saturated carbocycles. The van der Waals surface area contributed by atoms with Gasteiger partial charge in [0.05, 0.1) is 9.95 Å². The number of benzene rings is 2. The van der Waals surface area contributed by atoms with E-state index in [9.17, 15) is 19.7 Å². The van der Waals surface area contributed by atoms with E-state index in [1.54, 1.807) is 12.1 Å². The normalized spacial score (nSPS) is 10.3. The summed E-state index contributed by atoms with van der Waals surface area (Å²) in [4.78, 5) is 34.1. The van der Waals surface area contributed by atoms with Crippen LogP contribution >= 0.6 is 23.2 Å². The van der Waals surface area contributed by atoms with Gasteiger partial charge in [0, 0.05) is 22.8 Å². The fraction of sp³-hybridized carbons (Fsp3) is 0.0526. The first kappa shape index (κ1) is 21.9. The van der Waals surface area contributed by atoms with Gasteiger partial charge in [-0.25, -0.2) is 10.2 Å². The minimum absolute atomic E-state index is 0.00926. The fourth-order valence-electron chi connectivity index (χ4n) is 2.35. The molecule has 0 aliphatic heterocycles. The van der Waals surface area contributed by atoms with Gasteiger partial charge in [0.25, 0.3) is 5.69 Å². The molecule has 3 rings (SSSR count). The Balaban J connectivity index is 1.49. The highest BCUT2D eigenvalue weighted by Crippen LogP contribution is 2.28. The first-order valence-electron chi connectivity index (χ1n) is 8.60. The van der Waals surface area contributed by atoms with Gasteiger partial charge < -0.3 is 14.5 Å². The molecule has 0 fully saturated rings. The number of hydrazine groups is 1. The number of urea groups is 1. The Hall–Kier alpha value is -3.76. The molecule has 160 valence electrons. The van der Waals surface area contributed by atoms with Crippen molar-refractivity contribution in [2.75, 3.05) is 5.32 Å². The highest BCUT2D eigenvalue weighted by Gasteiger charge is 2.14. The highest BCUT2D eigenvalue weighted by atomic mass is 35.5. The van der Waals surface area contributed by atoms with Crippen LogP contribution in [0.2, 0.25) is 10.0 Å². The molecule has 1 heterocycles. The summed E-state index contributed by atoms with van der Waals surface area (Å²) in [5.74, 6) is -0.0495. The lowest BCUT2D eigenvalue weighted by Crippen LogP contribution is -2.43. The Labute approximate surface area is 185 Å². The molecule has 3 aromatic rings. The van der Waals surface area contributed by atoms with Crippen molar-refractivity contribution in [1.82, 2.24) is 10.9 Å². The van der Waals surface area contributed by atoms with E-state index in [2.05, 4.69) is 16.2 Å². The maximum absolute atomic E-state index is 12.1. The van der Waals surface area contributed by atoms with E-state index in [0.717, 1.165) is 0 Å². The fourth-order valence-corrected chi connectivity index (χ4v) is 2.82. The number of anilines is 1. The van der Waals surface area contributed by atoms with Gasteiger partial charge in [-0.1, -0.05) is 29.3 Å². The van der Waals surface area contributed by atoms with Gasteiger partial charge in [0.15, 0.2) is 5.76 Å². The Morgan fingerprint density at radius 3 is 2.61 bits per heavy atom. The molecule has 10 nitrogen and oxygen atoms in total. The number of rotatable bonds is 6. The molecular weight excluding hydrogens is 451 g/mol. The molecule has 0 spiro atoms. The van der Waals surface area contributed by atoms with Crippen molar-refractivity contribution in [2.45, 2.75) is 6.61 Å². The van der Waals surface area contributed by atoms with Crippen molar-refractivity contribution in [1.29, 1.82) is 0 Å². The van der Waals surface area contributed by atoms with E-state index in [4.69, 9.17) is 32.4 Å². The zero-order valence-corrected chi connectivity index (χ0v) is 17.1. The predicted molar refractivity (Wildman–Crippen MR) is 112 cm³/mol. The lowest BCUT2D eigenvalue weighted by atomic mass is 10.3. The quantitative estimate of drug-likeness (QED) is 0.361. The van der Waals surface area contributed by atoms with Crippen LogP contribution < -0.4 is 20.9 Å². The van der Waals surface area contributed by atoms with Gasteiger partial charge in [0.1, 0.15) is 18.1 Å². The number of amides is 3. The number of nitrogens with zero attached hydrogens (tertiary/aromatic N) is 1. The number of hydrogen-bond donors (Lipinski definition) is 3. The highest BCUT2D eigenvalue weighted by molar-refractivity contribution is 6.35. The molecule has 12 heteroatoms. The average molecular weight is 465 g/mol. The van der Waals surface area contributed by atoms with Crippen LogP contribution in [0.4, 0.5) is 16.2 Å². The van der Waals surface area contributed by atoms with Gasteiger partial charge in [-0.05, 0) is 36.4 Å². The van der Waals surface area contributed by atoms with Crippen LogP contribution in [-0.2, 0) is 6.61 Å². The van der Waals surface area contributed by atoms with Crippen LogP contribution in [-0.4, -0.2) is 16.9 Å². The summed E-state index contributed by atoms with van der Waals surface area (Å²) in [6.07, 6.45) is 0. The van der Waals surface area contributed by atoms with Crippen molar-refractivity contribution in [3.63, 3.8) is 0 Å². The molecule has 3 N–H and O–H groups in total. The summed E-state index contributed by atoms with van der Waals surface area (Å²) in [6.45, 7) is 0.00926. The van der Waals surface area contributed by atoms with Crippen molar-refractivity contribution >= 4 is 46.5 Å². The van der Waals surface area contributed by atoms with Gasteiger partial charge in [0.2, 0.25) is 0 Å². The van der Waals surface area contributed by atoms with Gasteiger partial charge in [-0.15, -0.1) is 0 Å². The third-order valence-electron chi connectivity index (χ3n) is 3.75. The number of nitro groups is 1. The van der Waals surface area contributed by atoms with Crippen LogP contribution in [0, 0.1) is 10.1 Å². The van der Waals surface area contributed by atoms with E-state index in [0.29, 0.717) is 21.6 Å². The molecule has 0 aliphatic rings. The van der Waals surface area contributed by atoms with E-state index in [-0.39, 0.29) is 23.7 Å². The van der Waals surface area contributed by atoms with Gasteiger partial charge >= 0.3 is 11.9 Å². The van der Waals surface area contributed by atoms with Crippen molar-refractivity contribution in [3.8, 4) is 5.75 Å². The Bertz CT molecular complexity index is 1130. The molecule has 0 unspecified atom stereocenters. The Kier molecular flexibility index (Phi) is 6.96. The second-order valence-electron chi connectivity index (χ2n) is 5.97. The number of nitrogens with one attached hydrogen (secondary N) is 3. The van der Waals surface area contributed by atoms with Crippen molar-refractivity contribution in [3.05, 3.63) is 86.3 Å². The van der Waals surface area contributed by atoms with Crippen molar-refractivity contribution < 1.29 is 23.7 Å². The number of carbonyl (C=O) groups is 2. The molecular formula is C19H14Cl2N4O6. The number of hydrogen-bond acceptors (Lipinski definition) is 6. The molecule has 3 amide bonds. The first-order valence-corrected chi connectivity index (χ1v) is 9.36. The van der Waals surface area contributed by atoms with Gasteiger partial charge in [-0.2, -0.15) is 0 Å². The van der Waals surface area contributed by atoms with Gasteiger partial charge in [-0.3, -0.25) is 20.3 Å². The third-order valence-corrected chi connectivity index (χ3v) is 4.28. The molecule has 2 aromatic carbocycles. The Morgan fingerprint density at radius 1 is 1.06 bits per heavy atom. The topological polar surface area (TPSA) is 136 Å².